The van der Waals surface area contributed by atoms with E-state index in [4.69, 9.17) is 16.6 Å². The van der Waals surface area contributed by atoms with Crippen molar-refractivity contribution in [1.29, 1.82) is 0 Å². The van der Waals surface area contributed by atoms with Crippen molar-refractivity contribution in [1.82, 2.24) is 19.2 Å². The first-order valence-corrected chi connectivity index (χ1v) is 9.27. The molecule has 0 fully saturated rings. The van der Waals surface area contributed by atoms with Gasteiger partial charge >= 0.3 is 0 Å². The molecule has 2 heterocycles. The molecule has 0 bridgehead atoms. The van der Waals surface area contributed by atoms with Crippen LogP contribution < -0.4 is 0 Å². The molecule has 136 valence electrons. The van der Waals surface area contributed by atoms with Gasteiger partial charge in [0.25, 0.3) is 0 Å². The van der Waals surface area contributed by atoms with Crippen molar-refractivity contribution in [3.63, 3.8) is 0 Å². The van der Waals surface area contributed by atoms with E-state index in [2.05, 4.69) is 5.10 Å². The van der Waals surface area contributed by atoms with E-state index in [9.17, 15) is 4.79 Å². The van der Waals surface area contributed by atoms with Crippen molar-refractivity contribution in [2.75, 3.05) is 0 Å². The van der Waals surface area contributed by atoms with Crippen molar-refractivity contribution in [3.05, 3.63) is 89.4 Å². The molecule has 5 nitrogen and oxygen atoms in total. The number of benzene rings is 3. The van der Waals surface area contributed by atoms with Gasteiger partial charge in [-0.1, -0.05) is 54.1 Å². The van der Waals surface area contributed by atoms with Crippen LogP contribution in [0.1, 0.15) is 10.4 Å². The van der Waals surface area contributed by atoms with Crippen LogP contribution in [0.5, 0.6) is 0 Å². The maximum Gasteiger partial charge on any atom is 0.234 e. The first-order chi connectivity index (χ1) is 13.7. The third-order valence-electron chi connectivity index (χ3n) is 4.73. The van der Waals surface area contributed by atoms with Gasteiger partial charge in [0.05, 0.1) is 17.6 Å². The smallest absolute Gasteiger partial charge is 0.234 e. The first-order valence-electron chi connectivity index (χ1n) is 8.89. The fourth-order valence-corrected chi connectivity index (χ4v) is 3.48. The highest BCUT2D eigenvalue weighted by atomic mass is 35.5. The van der Waals surface area contributed by atoms with Crippen molar-refractivity contribution in [3.8, 4) is 11.4 Å². The van der Waals surface area contributed by atoms with E-state index in [0.29, 0.717) is 22.2 Å². The Morgan fingerprint density at radius 2 is 1.54 bits per heavy atom. The van der Waals surface area contributed by atoms with Gasteiger partial charge in [-0.3, -0.25) is 4.79 Å². The molecule has 0 aliphatic heterocycles. The molecule has 0 radical (unpaired) electrons. The van der Waals surface area contributed by atoms with Gasteiger partial charge in [0, 0.05) is 16.1 Å². The molecule has 0 aliphatic carbocycles. The summed E-state index contributed by atoms with van der Waals surface area (Å²) in [5.41, 5.74) is 3.38. The average Bonchev–Trinajstić information content (AvgIpc) is 3.28. The molecular weight excluding hydrogens is 372 g/mol. The summed E-state index contributed by atoms with van der Waals surface area (Å²) in [5, 5.41) is 5.29. The van der Waals surface area contributed by atoms with E-state index >= 15 is 0 Å². The van der Waals surface area contributed by atoms with Crippen LogP contribution in [0.2, 0.25) is 5.02 Å². The standard InChI is InChI=1S/C22H15ClN4O/c23-17-12-10-15(11-13-17)20(28)14-26-18-8-4-5-9-19(18)27-22(26)24-21(25-27)16-6-2-1-3-7-16/h1-13H,14H2. The molecule has 6 heteroatoms. The second kappa shape index (κ2) is 6.62. The Morgan fingerprint density at radius 1 is 0.857 bits per heavy atom. The molecule has 0 saturated carbocycles. The van der Waals surface area contributed by atoms with E-state index in [1.54, 1.807) is 28.8 Å². The fourth-order valence-electron chi connectivity index (χ4n) is 3.36. The molecule has 3 aromatic carbocycles. The Bertz CT molecular complexity index is 1300. The third kappa shape index (κ3) is 2.77. The molecule has 0 unspecified atom stereocenters. The quantitative estimate of drug-likeness (QED) is 0.413. The zero-order valence-corrected chi connectivity index (χ0v) is 15.5. The maximum absolute atomic E-state index is 12.9. The summed E-state index contributed by atoms with van der Waals surface area (Å²) in [4.78, 5) is 17.6. The molecule has 28 heavy (non-hydrogen) atoms. The number of hydrogen-bond acceptors (Lipinski definition) is 3. The van der Waals surface area contributed by atoms with Crippen molar-refractivity contribution in [2.45, 2.75) is 6.54 Å². The Kier molecular flexibility index (Phi) is 3.95. The number of halogens is 1. The van der Waals surface area contributed by atoms with Crippen LogP contribution >= 0.6 is 11.6 Å². The highest BCUT2D eigenvalue weighted by Crippen LogP contribution is 2.24. The molecule has 5 rings (SSSR count). The van der Waals surface area contributed by atoms with Crippen LogP contribution in [0.3, 0.4) is 0 Å². The zero-order chi connectivity index (χ0) is 19.1. The van der Waals surface area contributed by atoms with Gasteiger partial charge in [0.2, 0.25) is 5.78 Å². The first kappa shape index (κ1) is 16.7. The third-order valence-corrected chi connectivity index (χ3v) is 4.98. The van der Waals surface area contributed by atoms with Gasteiger partial charge < -0.3 is 4.57 Å². The lowest BCUT2D eigenvalue weighted by Crippen LogP contribution is -2.10. The highest BCUT2D eigenvalue weighted by molar-refractivity contribution is 6.30. The van der Waals surface area contributed by atoms with Crippen LogP contribution in [0.15, 0.2) is 78.9 Å². The molecule has 0 atom stereocenters. The molecule has 0 saturated heterocycles. The second-order valence-electron chi connectivity index (χ2n) is 6.52. The summed E-state index contributed by atoms with van der Waals surface area (Å²) in [7, 11) is 0. The van der Waals surface area contributed by atoms with E-state index < -0.39 is 0 Å². The monoisotopic (exact) mass is 386 g/mol. The minimum Gasteiger partial charge on any atom is -0.300 e. The number of carbonyl (C=O) groups is 1. The second-order valence-corrected chi connectivity index (χ2v) is 6.95. The minimum absolute atomic E-state index is 0.0100. The van der Waals surface area contributed by atoms with Crippen LogP contribution in [0.4, 0.5) is 0 Å². The number of fused-ring (bicyclic) bond motifs is 3. The number of rotatable bonds is 4. The summed E-state index contributed by atoms with van der Waals surface area (Å²) in [6.07, 6.45) is 0. The van der Waals surface area contributed by atoms with Crippen molar-refractivity contribution >= 4 is 34.2 Å². The van der Waals surface area contributed by atoms with Crippen LogP contribution in [-0.4, -0.2) is 24.9 Å². The average molecular weight is 387 g/mol. The lowest BCUT2D eigenvalue weighted by atomic mass is 10.1. The lowest BCUT2D eigenvalue weighted by Gasteiger charge is -2.05. The Morgan fingerprint density at radius 3 is 2.29 bits per heavy atom. The van der Waals surface area contributed by atoms with Gasteiger partial charge in [-0.15, -0.1) is 5.10 Å². The molecule has 2 aromatic heterocycles. The van der Waals surface area contributed by atoms with Crippen LogP contribution in [0, 0.1) is 0 Å². The number of Topliss-reactive ketones (excluding diaryl/α,β-unsaturated/α-hetero) is 1. The Balaban J connectivity index is 1.64. The number of hydrogen-bond donors (Lipinski definition) is 0. The molecule has 0 N–H and O–H groups in total. The molecular formula is C22H15ClN4O. The number of carbonyl (C=O) groups excluding carboxylic acids is 1. The van der Waals surface area contributed by atoms with Gasteiger partial charge in [0.1, 0.15) is 0 Å². The lowest BCUT2D eigenvalue weighted by molar-refractivity contribution is 0.0974. The summed E-state index contributed by atoms with van der Waals surface area (Å²) < 4.78 is 3.71. The summed E-state index contributed by atoms with van der Waals surface area (Å²) in [6.45, 7) is 0.172. The molecule has 0 amide bonds. The van der Waals surface area contributed by atoms with Crippen LogP contribution in [0.25, 0.3) is 28.2 Å². The van der Waals surface area contributed by atoms with E-state index in [-0.39, 0.29) is 12.3 Å². The normalized spacial score (nSPS) is 11.3. The SMILES string of the molecule is O=C(Cn1c2ccccc2n2nc(-c3ccccc3)nc12)c1ccc(Cl)cc1. The topological polar surface area (TPSA) is 52.2 Å². The zero-order valence-electron chi connectivity index (χ0n) is 14.8. The number of aromatic nitrogens is 4. The van der Waals surface area contributed by atoms with Gasteiger partial charge in [-0.05, 0) is 36.4 Å². The number of imidazole rings is 1. The minimum atomic E-state index is -0.0100. The van der Waals surface area contributed by atoms with Crippen molar-refractivity contribution in [2.24, 2.45) is 0 Å². The summed E-state index contributed by atoms with van der Waals surface area (Å²) in [6, 6.07) is 24.6. The number of ketones is 1. The van der Waals surface area contributed by atoms with E-state index in [1.807, 2.05) is 59.2 Å². The maximum atomic E-state index is 12.9. The predicted molar refractivity (Wildman–Crippen MR) is 110 cm³/mol. The van der Waals surface area contributed by atoms with E-state index in [0.717, 1.165) is 16.6 Å². The Hall–Kier alpha value is -3.44. The largest absolute Gasteiger partial charge is 0.300 e. The molecule has 0 spiro atoms. The Labute approximate surface area is 165 Å². The molecule has 5 aromatic rings. The molecule has 0 aliphatic rings. The number of para-hydroxylation sites is 2. The van der Waals surface area contributed by atoms with Gasteiger partial charge in [0.15, 0.2) is 11.6 Å². The fraction of sp³-hybridized carbons (Fsp3) is 0.0455. The summed E-state index contributed by atoms with van der Waals surface area (Å²) >= 11 is 5.94. The van der Waals surface area contributed by atoms with Crippen LogP contribution in [-0.2, 0) is 6.54 Å². The van der Waals surface area contributed by atoms with Crippen molar-refractivity contribution < 1.29 is 4.79 Å². The highest BCUT2D eigenvalue weighted by Gasteiger charge is 2.18. The van der Waals surface area contributed by atoms with Gasteiger partial charge in [-0.2, -0.15) is 9.50 Å². The van der Waals surface area contributed by atoms with E-state index in [1.165, 1.54) is 0 Å². The predicted octanol–water partition coefficient (Wildman–Crippen LogP) is 4.89. The number of nitrogens with zero attached hydrogens (tertiary/aromatic N) is 4. The summed E-state index contributed by atoms with van der Waals surface area (Å²) in [5.74, 6) is 1.26. The van der Waals surface area contributed by atoms with Gasteiger partial charge in [-0.25, -0.2) is 0 Å².